The Kier molecular flexibility index (Phi) is 3.78. The van der Waals surface area contributed by atoms with E-state index in [1.54, 1.807) is 0 Å². The molecule has 0 aliphatic heterocycles. The van der Waals surface area contributed by atoms with Crippen LogP contribution >= 0.6 is 0 Å². The molecule has 0 unspecified atom stereocenters. The van der Waals surface area contributed by atoms with E-state index in [4.69, 9.17) is 5.11 Å². The van der Waals surface area contributed by atoms with Crippen molar-refractivity contribution < 1.29 is 36.2 Å². The highest BCUT2D eigenvalue weighted by atomic mass is 19.4. The minimum absolute atomic E-state index is 0.295. The lowest BCUT2D eigenvalue weighted by Gasteiger charge is -2.15. The first-order valence-electron chi connectivity index (χ1n) is 4.90. The van der Waals surface area contributed by atoms with Crippen molar-refractivity contribution in [2.45, 2.75) is 25.7 Å². The Morgan fingerprint density at radius 2 is 1.74 bits per heavy atom. The monoisotopic (exact) mass is 287 g/mol. The van der Waals surface area contributed by atoms with E-state index in [9.17, 15) is 31.1 Å². The Hall–Kier alpha value is -1.80. The molecule has 0 saturated carbocycles. The van der Waals surface area contributed by atoms with Gasteiger partial charge in [-0.3, -0.25) is 0 Å². The van der Waals surface area contributed by atoms with Crippen LogP contribution in [-0.4, -0.2) is 16.1 Å². The molecular weight excluding hydrogens is 280 g/mol. The number of rotatable bonds is 2. The molecule has 0 amide bonds. The third-order valence-electron chi connectivity index (χ3n) is 2.25. The normalized spacial score (nSPS) is 12.6. The van der Waals surface area contributed by atoms with Crippen LogP contribution in [0.5, 0.6) is 0 Å². The molecule has 106 valence electrons. The van der Waals surface area contributed by atoms with Crippen LogP contribution in [0.2, 0.25) is 0 Å². The molecule has 0 atom stereocenters. The number of aryl methyl sites for hydroxylation is 1. The molecule has 19 heavy (non-hydrogen) atoms. The zero-order valence-corrected chi connectivity index (χ0v) is 9.35. The summed E-state index contributed by atoms with van der Waals surface area (Å²) < 4.78 is 75.1. The summed E-state index contributed by atoms with van der Waals surface area (Å²) >= 11 is 0. The van der Waals surface area contributed by atoms with Crippen LogP contribution in [0.4, 0.5) is 26.3 Å². The highest BCUT2D eigenvalue weighted by Crippen LogP contribution is 2.36. The maximum absolute atomic E-state index is 12.6. The Morgan fingerprint density at radius 3 is 2.05 bits per heavy atom. The molecule has 1 aromatic rings. The van der Waals surface area contributed by atoms with E-state index in [0.29, 0.717) is 6.07 Å². The lowest BCUT2D eigenvalue weighted by molar-refractivity contribution is -0.150. The zero-order chi connectivity index (χ0) is 15.0. The van der Waals surface area contributed by atoms with E-state index < -0.39 is 40.8 Å². The van der Waals surface area contributed by atoms with Gasteiger partial charge in [0.2, 0.25) is 0 Å². The van der Waals surface area contributed by atoms with Gasteiger partial charge in [-0.1, -0.05) is 6.92 Å². The van der Waals surface area contributed by atoms with E-state index in [1.165, 1.54) is 6.92 Å². The standard InChI is InChI=1S/C10H7F6NO2/c1-2-4-3-5(9(11,12)13)17-7(10(14,15)16)6(4)8(18)19/h3H,2H2,1H3,(H,18,19). The van der Waals surface area contributed by atoms with Crippen molar-refractivity contribution in [1.29, 1.82) is 0 Å². The molecule has 3 nitrogen and oxygen atoms in total. The lowest BCUT2D eigenvalue weighted by Crippen LogP contribution is -2.21. The topological polar surface area (TPSA) is 50.2 Å². The number of nitrogens with zero attached hydrogens (tertiary/aromatic N) is 1. The van der Waals surface area contributed by atoms with E-state index >= 15 is 0 Å². The Labute approximate surface area is 102 Å². The molecule has 0 aromatic carbocycles. The van der Waals surface area contributed by atoms with Crippen LogP contribution in [0.25, 0.3) is 0 Å². The predicted octanol–water partition coefficient (Wildman–Crippen LogP) is 3.38. The van der Waals surface area contributed by atoms with Crippen molar-refractivity contribution in [1.82, 2.24) is 4.98 Å². The van der Waals surface area contributed by atoms with Gasteiger partial charge in [0.15, 0.2) is 5.69 Å². The molecule has 0 bridgehead atoms. The first-order chi connectivity index (χ1) is 8.48. The van der Waals surface area contributed by atoms with Gasteiger partial charge in [0, 0.05) is 0 Å². The minimum Gasteiger partial charge on any atom is -0.478 e. The number of hydrogen-bond acceptors (Lipinski definition) is 2. The molecule has 1 heterocycles. The fourth-order valence-corrected chi connectivity index (χ4v) is 1.47. The summed E-state index contributed by atoms with van der Waals surface area (Å²) in [5.74, 6) is -1.97. The van der Waals surface area contributed by atoms with Crippen molar-refractivity contribution in [3.05, 3.63) is 28.6 Å². The van der Waals surface area contributed by atoms with Crippen LogP contribution in [0.3, 0.4) is 0 Å². The van der Waals surface area contributed by atoms with E-state index in [0.717, 1.165) is 0 Å². The van der Waals surface area contributed by atoms with Gasteiger partial charge >= 0.3 is 18.3 Å². The smallest absolute Gasteiger partial charge is 0.434 e. The molecule has 0 spiro atoms. The molecule has 0 radical (unpaired) electrons. The second kappa shape index (κ2) is 4.71. The zero-order valence-electron chi connectivity index (χ0n) is 9.35. The fraction of sp³-hybridized carbons (Fsp3) is 0.400. The summed E-state index contributed by atoms with van der Waals surface area (Å²) in [5.41, 5.74) is -5.61. The molecule has 1 N–H and O–H groups in total. The molecular formula is C10H7F6NO2. The summed E-state index contributed by atoms with van der Waals surface area (Å²) in [7, 11) is 0. The van der Waals surface area contributed by atoms with Crippen molar-refractivity contribution in [2.75, 3.05) is 0 Å². The molecule has 0 fully saturated rings. The van der Waals surface area contributed by atoms with Gasteiger partial charge in [-0.15, -0.1) is 0 Å². The number of carboxylic acids is 1. The van der Waals surface area contributed by atoms with Gasteiger partial charge < -0.3 is 5.11 Å². The van der Waals surface area contributed by atoms with E-state index in [1.807, 2.05) is 0 Å². The molecule has 0 saturated heterocycles. The van der Waals surface area contributed by atoms with Gasteiger partial charge in [0.05, 0.1) is 5.56 Å². The van der Waals surface area contributed by atoms with Gasteiger partial charge in [-0.25, -0.2) is 9.78 Å². The van der Waals surface area contributed by atoms with Gasteiger partial charge in [-0.2, -0.15) is 26.3 Å². The second-order valence-electron chi connectivity index (χ2n) is 3.54. The first-order valence-corrected chi connectivity index (χ1v) is 4.90. The number of alkyl halides is 6. The SMILES string of the molecule is CCc1cc(C(F)(F)F)nc(C(F)(F)F)c1C(=O)O. The minimum atomic E-state index is -5.28. The molecule has 1 aromatic heterocycles. The summed E-state index contributed by atoms with van der Waals surface area (Å²) in [6.07, 6.45) is -10.7. The average molecular weight is 287 g/mol. The van der Waals surface area contributed by atoms with Crippen LogP contribution in [0.15, 0.2) is 6.07 Å². The molecule has 1 rings (SSSR count). The maximum atomic E-state index is 12.6. The van der Waals surface area contributed by atoms with E-state index in [-0.39, 0.29) is 6.42 Å². The molecule has 0 aliphatic carbocycles. The Bertz CT molecular complexity index is 506. The molecule has 9 heteroatoms. The highest BCUT2D eigenvalue weighted by Gasteiger charge is 2.42. The van der Waals surface area contributed by atoms with Crippen molar-refractivity contribution >= 4 is 5.97 Å². The Morgan fingerprint density at radius 1 is 1.21 bits per heavy atom. The lowest BCUT2D eigenvalue weighted by atomic mass is 10.0. The van der Waals surface area contributed by atoms with Gasteiger partial charge in [0.25, 0.3) is 0 Å². The third kappa shape index (κ3) is 3.15. The largest absolute Gasteiger partial charge is 0.478 e. The number of halogens is 6. The number of aromatic nitrogens is 1. The predicted molar refractivity (Wildman–Crippen MR) is 50.6 cm³/mol. The number of carbonyl (C=O) groups is 1. The number of hydrogen-bond donors (Lipinski definition) is 1. The summed E-state index contributed by atoms with van der Waals surface area (Å²) in [6.45, 7) is 1.25. The van der Waals surface area contributed by atoms with Crippen molar-refractivity contribution in [2.24, 2.45) is 0 Å². The summed E-state index contributed by atoms with van der Waals surface area (Å²) in [5, 5.41) is 8.71. The Balaban J connectivity index is 3.70. The van der Waals surface area contributed by atoms with E-state index in [2.05, 4.69) is 4.98 Å². The number of pyridine rings is 1. The number of aromatic carboxylic acids is 1. The molecule has 0 aliphatic rings. The number of carboxylic acid groups (broad SMARTS) is 1. The quantitative estimate of drug-likeness (QED) is 0.848. The van der Waals surface area contributed by atoms with Crippen molar-refractivity contribution in [3.63, 3.8) is 0 Å². The maximum Gasteiger partial charge on any atom is 0.434 e. The third-order valence-corrected chi connectivity index (χ3v) is 2.25. The first kappa shape index (κ1) is 15.3. The summed E-state index contributed by atoms with van der Waals surface area (Å²) in [4.78, 5) is 13.2. The van der Waals surface area contributed by atoms with Gasteiger partial charge in [0.1, 0.15) is 5.69 Å². The second-order valence-corrected chi connectivity index (χ2v) is 3.54. The fourth-order valence-electron chi connectivity index (χ4n) is 1.47. The van der Waals surface area contributed by atoms with Crippen LogP contribution in [-0.2, 0) is 18.8 Å². The van der Waals surface area contributed by atoms with Gasteiger partial charge in [-0.05, 0) is 18.1 Å². The summed E-state index contributed by atoms with van der Waals surface area (Å²) in [6, 6.07) is 0.318. The van der Waals surface area contributed by atoms with Crippen LogP contribution < -0.4 is 0 Å². The average Bonchev–Trinajstić information content (AvgIpc) is 2.24. The highest BCUT2D eigenvalue weighted by molar-refractivity contribution is 5.91. The van der Waals surface area contributed by atoms with Crippen LogP contribution in [0, 0.1) is 0 Å². The van der Waals surface area contributed by atoms with Crippen molar-refractivity contribution in [3.8, 4) is 0 Å². The van der Waals surface area contributed by atoms with Crippen LogP contribution in [0.1, 0.15) is 34.2 Å².